The summed E-state index contributed by atoms with van der Waals surface area (Å²) >= 11 is 0. The maximum absolute atomic E-state index is 11.5. The van der Waals surface area contributed by atoms with E-state index < -0.39 is 0 Å². The zero-order chi connectivity index (χ0) is 17.8. The van der Waals surface area contributed by atoms with Crippen LogP contribution in [0.3, 0.4) is 0 Å². The van der Waals surface area contributed by atoms with Gasteiger partial charge in [0.15, 0.2) is 10.9 Å². The van der Waals surface area contributed by atoms with E-state index in [1.54, 1.807) is 12.1 Å². The van der Waals surface area contributed by atoms with Crippen LogP contribution < -0.4 is 10.9 Å². The summed E-state index contributed by atoms with van der Waals surface area (Å²) in [6.45, 7) is 3.73. The predicted molar refractivity (Wildman–Crippen MR) is 103 cm³/mol. The monoisotopic (exact) mass is 334 g/mol. The molecule has 0 aliphatic heterocycles. The molecule has 2 aliphatic rings. The van der Waals surface area contributed by atoms with Crippen molar-refractivity contribution in [2.75, 3.05) is 0 Å². The first-order chi connectivity index (χ1) is 12.0. The van der Waals surface area contributed by atoms with Gasteiger partial charge in [0, 0.05) is 0 Å². The minimum atomic E-state index is 0.168. The second-order valence-corrected chi connectivity index (χ2v) is 7.34. The maximum Gasteiger partial charge on any atom is 0.181 e. The number of hydrogen-bond acceptors (Lipinski definition) is 2. The Balaban J connectivity index is 0.000000146. The van der Waals surface area contributed by atoms with E-state index >= 15 is 0 Å². The van der Waals surface area contributed by atoms with E-state index in [-0.39, 0.29) is 10.9 Å². The molecule has 0 spiro atoms. The van der Waals surface area contributed by atoms with E-state index in [1.165, 1.54) is 43.2 Å². The van der Waals surface area contributed by atoms with Crippen LogP contribution in [0.4, 0.5) is 0 Å². The third-order valence-corrected chi connectivity index (χ3v) is 5.27. The summed E-state index contributed by atoms with van der Waals surface area (Å²) in [5, 5.41) is 0. The summed E-state index contributed by atoms with van der Waals surface area (Å²) in [5.74, 6) is 1.32. The molecule has 2 aromatic rings. The molecule has 2 heteroatoms. The van der Waals surface area contributed by atoms with Gasteiger partial charge >= 0.3 is 0 Å². The summed E-state index contributed by atoms with van der Waals surface area (Å²) in [7, 11) is 0. The molecule has 2 aromatic carbocycles. The molecule has 0 aromatic heterocycles. The van der Waals surface area contributed by atoms with E-state index in [4.69, 9.17) is 0 Å². The fraction of sp³-hybridized carbons (Fsp3) is 0.391. The Hall–Kier alpha value is -2.22. The summed E-state index contributed by atoms with van der Waals surface area (Å²) in [5.41, 5.74) is 4.46. The van der Waals surface area contributed by atoms with Gasteiger partial charge < -0.3 is 0 Å². The van der Waals surface area contributed by atoms with E-state index in [2.05, 4.69) is 12.1 Å². The van der Waals surface area contributed by atoms with Crippen molar-refractivity contribution in [1.29, 1.82) is 0 Å². The van der Waals surface area contributed by atoms with E-state index in [9.17, 15) is 9.59 Å². The van der Waals surface area contributed by atoms with Crippen LogP contribution in [-0.2, 0) is 0 Å². The van der Waals surface area contributed by atoms with Gasteiger partial charge in [-0.2, -0.15) is 0 Å². The molecule has 2 nitrogen and oxygen atoms in total. The summed E-state index contributed by atoms with van der Waals surface area (Å²) in [4.78, 5) is 22.9. The first kappa shape index (κ1) is 17.6. The van der Waals surface area contributed by atoms with Gasteiger partial charge in [-0.05, 0) is 85.8 Å². The fourth-order valence-electron chi connectivity index (χ4n) is 3.06. The highest BCUT2D eigenvalue weighted by atomic mass is 16.1. The van der Waals surface area contributed by atoms with Crippen molar-refractivity contribution in [2.45, 2.75) is 57.8 Å². The first-order valence-corrected chi connectivity index (χ1v) is 9.26. The van der Waals surface area contributed by atoms with Gasteiger partial charge in [-0.3, -0.25) is 9.59 Å². The van der Waals surface area contributed by atoms with Gasteiger partial charge in [0.25, 0.3) is 0 Å². The Morgan fingerprint density at radius 3 is 1.48 bits per heavy atom. The maximum atomic E-state index is 11.5. The van der Waals surface area contributed by atoms with E-state index in [0.29, 0.717) is 11.8 Å². The van der Waals surface area contributed by atoms with Crippen molar-refractivity contribution < 1.29 is 0 Å². The molecule has 4 rings (SSSR count). The molecule has 0 unspecified atom stereocenters. The molecule has 25 heavy (non-hydrogen) atoms. The molecule has 2 fully saturated rings. The highest BCUT2D eigenvalue weighted by Crippen LogP contribution is 2.39. The summed E-state index contributed by atoms with van der Waals surface area (Å²) in [6.07, 6.45) is 6.33. The summed E-state index contributed by atoms with van der Waals surface area (Å²) < 4.78 is 0. The van der Waals surface area contributed by atoms with Gasteiger partial charge in [0.05, 0.1) is 0 Å². The topological polar surface area (TPSA) is 34.1 Å². The largest absolute Gasteiger partial charge is 0.290 e. The van der Waals surface area contributed by atoms with Crippen LogP contribution in [0.1, 0.15) is 66.2 Å². The van der Waals surface area contributed by atoms with Crippen molar-refractivity contribution >= 4 is 0 Å². The lowest BCUT2D eigenvalue weighted by molar-refractivity contribution is 0.420. The molecule has 0 heterocycles. The Bertz CT molecular complexity index is 862. The lowest BCUT2D eigenvalue weighted by Gasteiger charge is -2.24. The molecule has 0 amide bonds. The zero-order valence-corrected chi connectivity index (χ0v) is 15.1. The summed E-state index contributed by atoms with van der Waals surface area (Å²) in [6, 6.07) is 15.5. The molecule has 0 saturated heterocycles. The van der Waals surface area contributed by atoms with Crippen LogP contribution in [0.25, 0.3) is 0 Å². The van der Waals surface area contributed by atoms with Crippen LogP contribution in [0, 0.1) is 13.8 Å². The smallest absolute Gasteiger partial charge is 0.181 e. The third kappa shape index (κ3) is 4.66. The quantitative estimate of drug-likeness (QED) is 0.786. The molecule has 2 aliphatic carbocycles. The minimum absolute atomic E-state index is 0.168. The molecule has 2 saturated carbocycles. The molecule has 0 radical (unpaired) electrons. The fourth-order valence-corrected chi connectivity index (χ4v) is 3.06. The van der Waals surface area contributed by atoms with E-state index in [0.717, 1.165) is 11.1 Å². The third-order valence-electron chi connectivity index (χ3n) is 5.27. The lowest BCUT2D eigenvalue weighted by Crippen LogP contribution is -2.10. The van der Waals surface area contributed by atoms with Crippen molar-refractivity contribution in [3.63, 3.8) is 0 Å². The van der Waals surface area contributed by atoms with Crippen LogP contribution in [0.5, 0.6) is 0 Å². The van der Waals surface area contributed by atoms with Crippen molar-refractivity contribution in [3.8, 4) is 0 Å². The average molecular weight is 334 g/mol. The van der Waals surface area contributed by atoms with Gasteiger partial charge in [-0.1, -0.05) is 42.8 Å². The van der Waals surface area contributed by atoms with Crippen molar-refractivity contribution in [3.05, 3.63) is 91.2 Å². The molecular weight excluding hydrogens is 308 g/mol. The van der Waals surface area contributed by atoms with Crippen molar-refractivity contribution in [1.82, 2.24) is 0 Å². The number of hydrogen-bond donors (Lipinski definition) is 0. The van der Waals surface area contributed by atoms with Gasteiger partial charge in [0.1, 0.15) is 0 Å². The zero-order valence-electron chi connectivity index (χ0n) is 15.1. The highest BCUT2D eigenvalue weighted by molar-refractivity contribution is 5.25. The normalized spacial score (nSPS) is 16.4. The molecule has 0 atom stereocenters. The average Bonchev–Trinajstić information content (AvgIpc) is 3.36. The standard InChI is InChI=1S/C12H14O.C11H12O/c1-9-4-2-7-11(8-12(9)13)10-5-3-6-10;1-8-3-2-4-10(7-11(8)12)9-5-6-9/h2,4,7-8,10H,3,5-6H2,1H3;2-4,7,9H,5-6H2,1H3. The Kier molecular flexibility index (Phi) is 5.47. The first-order valence-electron chi connectivity index (χ1n) is 9.26. The lowest BCUT2D eigenvalue weighted by atomic mass is 9.80. The Labute approximate surface area is 149 Å². The highest BCUT2D eigenvalue weighted by Gasteiger charge is 2.23. The van der Waals surface area contributed by atoms with Crippen molar-refractivity contribution in [2.24, 2.45) is 0 Å². The van der Waals surface area contributed by atoms with Crippen LogP contribution >= 0.6 is 0 Å². The van der Waals surface area contributed by atoms with Crippen LogP contribution in [-0.4, -0.2) is 0 Å². The minimum Gasteiger partial charge on any atom is -0.290 e. The predicted octanol–water partition coefficient (Wildman–Crippen LogP) is 4.86. The van der Waals surface area contributed by atoms with Gasteiger partial charge in [0.2, 0.25) is 0 Å². The molecule has 0 bridgehead atoms. The van der Waals surface area contributed by atoms with Crippen LogP contribution in [0.2, 0.25) is 0 Å². The second kappa shape index (κ2) is 7.77. The number of rotatable bonds is 2. The second-order valence-electron chi connectivity index (χ2n) is 7.34. The molecule has 130 valence electrons. The Morgan fingerprint density at radius 2 is 1.12 bits per heavy atom. The molecule has 0 N–H and O–H groups in total. The molecular formula is C23H26O2. The number of aryl methyl sites for hydroxylation is 2. The van der Waals surface area contributed by atoms with E-state index in [1.807, 2.05) is 38.1 Å². The van der Waals surface area contributed by atoms with Gasteiger partial charge in [-0.15, -0.1) is 0 Å². The SMILES string of the molecule is Cc1cccc(C2CC2)cc1=O.Cc1cccc(C2CCC2)cc1=O. The van der Waals surface area contributed by atoms with Crippen LogP contribution in [0.15, 0.2) is 58.1 Å². The Morgan fingerprint density at radius 1 is 0.680 bits per heavy atom. The van der Waals surface area contributed by atoms with Gasteiger partial charge in [-0.25, -0.2) is 0 Å².